The Balaban J connectivity index is 3.20. The summed E-state index contributed by atoms with van der Waals surface area (Å²) in [7, 11) is 0. The second-order valence-corrected chi connectivity index (χ2v) is 3.29. The van der Waals surface area contributed by atoms with Gasteiger partial charge >= 0.3 is 0 Å². The van der Waals surface area contributed by atoms with Crippen molar-refractivity contribution in [3.05, 3.63) is 28.0 Å². The van der Waals surface area contributed by atoms with Gasteiger partial charge in [-0.05, 0) is 34.5 Å². The van der Waals surface area contributed by atoms with Crippen molar-refractivity contribution in [1.29, 1.82) is 0 Å². The number of halogens is 1. The van der Waals surface area contributed by atoms with Gasteiger partial charge in [0.1, 0.15) is 5.69 Å². The number of ketones is 1. The van der Waals surface area contributed by atoms with Crippen molar-refractivity contribution in [2.24, 2.45) is 0 Å². The molecule has 0 fully saturated rings. The molecule has 1 aromatic heterocycles. The van der Waals surface area contributed by atoms with Crippen LogP contribution in [0, 0.1) is 6.92 Å². The van der Waals surface area contributed by atoms with Crippen LogP contribution in [0.15, 0.2) is 16.7 Å². The first-order valence-corrected chi connectivity index (χ1v) is 4.03. The van der Waals surface area contributed by atoms with Crippen LogP contribution in [0.25, 0.3) is 0 Å². The second-order valence-electron chi connectivity index (χ2n) is 2.38. The number of Topliss-reactive ketones (excluding diaryl/α,β-unsaturated/α-hetero) is 1. The zero-order valence-electron chi connectivity index (χ0n) is 6.39. The minimum atomic E-state index is 0.00926. The summed E-state index contributed by atoms with van der Waals surface area (Å²) in [6.07, 6.45) is 1.63. The third kappa shape index (κ3) is 1.87. The van der Waals surface area contributed by atoms with Crippen LogP contribution in [-0.4, -0.2) is 10.8 Å². The average Bonchev–Trinajstić information content (AvgIpc) is 1.85. The normalized spacial score (nSPS) is 9.73. The minimum Gasteiger partial charge on any atom is -0.293 e. The topological polar surface area (TPSA) is 30.0 Å². The van der Waals surface area contributed by atoms with E-state index < -0.39 is 0 Å². The molecule has 0 bridgehead atoms. The monoisotopic (exact) mass is 213 g/mol. The van der Waals surface area contributed by atoms with Gasteiger partial charge in [-0.25, -0.2) is 0 Å². The molecule has 58 valence electrons. The fraction of sp³-hybridized carbons (Fsp3) is 0.250. The summed E-state index contributed by atoms with van der Waals surface area (Å²) >= 11 is 3.27. The largest absolute Gasteiger partial charge is 0.293 e. The fourth-order valence-corrected chi connectivity index (χ4v) is 1.35. The lowest BCUT2D eigenvalue weighted by atomic mass is 10.2. The lowest BCUT2D eigenvalue weighted by molar-refractivity contribution is 0.101. The predicted molar refractivity (Wildman–Crippen MR) is 46.7 cm³/mol. The zero-order chi connectivity index (χ0) is 8.43. The Kier molecular flexibility index (Phi) is 2.39. The van der Waals surface area contributed by atoms with Crippen LogP contribution in [0.2, 0.25) is 0 Å². The average molecular weight is 214 g/mol. The molecule has 1 heterocycles. The number of carbonyl (C=O) groups is 1. The van der Waals surface area contributed by atoms with Gasteiger partial charge in [-0.3, -0.25) is 9.78 Å². The first kappa shape index (κ1) is 8.40. The Labute approximate surface area is 73.8 Å². The SMILES string of the molecule is CC(=O)c1ncc(Br)cc1C. The molecule has 0 atom stereocenters. The Bertz CT molecular complexity index is 296. The molecule has 1 aromatic rings. The van der Waals surface area contributed by atoms with Gasteiger partial charge in [0.25, 0.3) is 0 Å². The van der Waals surface area contributed by atoms with E-state index in [1.54, 1.807) is 6.20 Å². The molecule has 1 rings (SSSR count). The molecule has 0 aliphatic rings. The van der Waals surface area contributed by atoms with Crippen molar-refractivity contribution in [1.82, 2.24) is 4.98 Å². The predicted octanol–water partition coefficient (Wildman–Crippen LogP) is 2.36. The van der Waals surface area contributed by atoms with Crippen LogP contribution >= 0.6 is 15.9 Å². The Morgan fingerprint density at radius 2 is 2.27 bits per heavy atom. The second kappa shape index (κ2) is 3.13. The van der Waals surface area contributed by atoms with Crippen molar-refractivity contribution in [3.8, 4) is 0 Å². The standard InChI is InChI=1S/C8H8BrNO/c1-5-3-7(9)4-10-8(5)6(2)11/h3-4H,1-2H3. The summed E-state index contributed by atoms with van der Waals surface area (Å²) in [4.78, 5) is 14.9. The van der Waals surface area contributed by atoms with E-state index in [2.05, 4.69) is 20.9 Å². The van der Waals surface area contributed by atoms with Gasteiger partial charge in [0, 0.05) is 17.6 Å². The molecule has 0 unspecified atom stereocenters. The summed E-state index contributed by atoms with van der Waals surface area (Å²) in [5, 5.41) is 0. The molecule has 0 amide bonds. The maximum Gasteiger partial charge on any atom is 0.178 e. The first-order chi connectivity index (χ1) is 5.11. The number of hydrogen-bond acceptors (Lipinski definition) is 2. The summed E-state index contributed by atoms with van der Waals surface area (Å²) in [5.41, 5.74) is 1.46. The molecule has 0 N–H and O–H groups in total. The molecule has 0 aliphatic carbocycles. The molecular weight excluding hydrogens is 206 g/mol. The van der Waals surface area contributed by atoms with E-state index in [0.29, 0.717) is 5.69 Å². The Morgan fingerprint density at radius 3 is 2.73 bits per heavy atom. The lowest BCUT2D eigenvalue weighted by Crippen LogP contribution is -1.99. The first-order valence-electron chi connectivity index (χ1n) is 3.24. The fourth-order valence-electron chi connectivity index (χ4n) is 0.909. The van der Waals surface area contributed by atoms with Crippen molar-refractivity contribution in [2.75, 3.05) is 0 Å². The van der Waals surface area contributed by atoms with E-state index in [-0.39, 0.29) is 5.78 Å². The Morgan fingerprint density at radius 1 is 1.64 bits per heavy atom. The molecule has 3 heteroatoms. The zero-order valence-corrected chi connectivity index (χ0v) is 7.97. The maximum atomic E-state index is 10.9. The molecular formula is C8H8BrNO. The highest BCUT2D eigenvalue weighted by atomic mass is 79.9. The molecule has 0 saturated heterocycles. The Hall–Kier alpha value is -0.700. The molecule has 11 heavy (non-hydrogen) atoms. The summed E-state index contributed by atoms with van der Waals surface area (Å²) in [6, 6.07) is 1.88. The van der Waals surface area contributed by atoms with Gasteiger partial charge in [-0.15, -0.1) is 0 Å². The van der Waals surface area contributed by atoms with E-state index in [9.17, 15) is 4.79 Å². The highest BCUT2D eigenvalue weighted by Crippen LogP contribution is 2.12. The van der Waals surface area contributed by atoms with Gasteiger partial charge in [0.05, 0.1) is 0 Å². The smallest absolute Gasteiger partial charge is 0.178 e. The quantitative estimate of drug-likeness (QED) is 0.671. The number of aromatic nitrogens is 1. The van der Waals surface area contributed by atoms with Crippen LogP contribution in [0.1, 0.15) is 23.0 Å². The molecule has 0 radical (unpaired) electrons. The number of hydrogen-bond donors (Lipinski definition) is 0. The lowest BCUT2D eigenvalue weighted by Gasteiger charge is -1.99. The molecule has 0 spiro atoms. The van der Waals surface area contributed by atoms with Gasteiger partial charge in [0.15, 0.2) is 5.78 Å². The van der Waals surface area contributed by atoms with E-state index in [1.165, 1.54) is 6.92 Å². The van der Waals surface area contributed by atoms with Crippen molar-refractivity contribution in [2.45, 2.75) is 13.8 Å². The van der Waals surface area contributed by atoms with Crippen molar-refractivity contribution >= 4 is 21.7 Å². The van der Waals surface area contributed by atoms with Crippen LogP contribution < -0.4 is 0 Å². The molecule has 0 aliphatic heterocycles. The van der Waals surface area contributed by atoms with Gasteiger partial charge in [-0.1, -0.05) is 0 Å². The van der Waals surface area contributed by atoms with Crippen LogP contribution in [-0.2, 0) is 0 Å². The highest BCUT2D eigenvalue weighted by molar-refractivity contribution is 9.10. The van der Waals surface area contributed by atoms with Crippen LogP contribution in [0.5, 0.6) is 0 Å². The third-order valence-electron chi connectivity index (χ3n) is 1.38. The minimum absolute atomic E-state index is 0.00926. The number of aryl methyl sites for hydroxylation is 1. The molecule has 0 aromatic carbocycles. The van der Waals surface area contributed by atoms with Crippen LogP contribution in [0.4, 0.5) is 0 Å². The number of nitrogens with zero attached hydrogens (tertiary/aromatic N) is 1. The summed E-state index contributed by atoms with van der Waals surface area (Å²) < 4.78 is 0.903. The number of rotatable bonds is 1. The molecule has 0 saturated carbocycles. The van der Waals surface area contributed by atoms with E-state index in [4.69, 9.17) is 0 Å². The number of carbonyl (C=O) groups excluding carboxylic acids is 1. The van der Waals surface area contributed by atoms with Gasteiger partial charge < -0.3 is 0 Å². The van der Waals surface area contributed by atoms with E-state index in [1.807, 2.05) is 13.0 Å². The van der Waals surface area contributed by atoms with Crippen LogP contribution in [0.3, 0.4) is 0 Å². The van der Waals surface area contributed by atoms with Crippen molar-refractivity contribution in [3.63, 3.8) is 0 Å². The molecule has 2 nitrogen and oxygen atoms in total. The maximum absolute atomic E-state index is 10.9. The third-order valence-corrected chi connectivity index (χ3v) is 1.81. The van der Waals surface area contributed by atoms with Gasteiger partial charge in [0.2, 0.25) is 0 Å². The summed E-state index contributed by atoms with van der Waals surface area (Å²) in [6.45, 7) is 3.39. The highest BCUT2D eigenvalue weighted by Gasteiger charge is 2.04. The van der Waals surface area contributed by atoms with E-state index in [0.717, 1.165) is 10.0 Å². The van der Waals surface area contributed by atoms with E-state index >= 15 is 0 Å². The van der Waals surface area contributed by atoms with Crippen molar-refractivity contribution < 1.29 is 4.79 Å². The van der Waals surface area contributed by atoms with Gasteiger partial charge in [-0.2, -0.15) is 0 Å². The number of pyridine rings is 1. The summed E-state index contributed by atoms with van der Waals surface area (Å²) in [5.74, 6) is 0.00926.